The maximum Gasteiger partial charge on any atom is 0.416 e. The minimum absolute atomic E-state index is 0.107. The number of ether oxygens (including phenoxy) is 1. The number of H-pyrrole nitrogens is 1. The smallest absolute Gasteiger partial charge is 0.416 e. The summed E-state index contributed by atoms with van der Waals surface area (Å²) in [7, 11) is 0. The summed E-state index contributed by atoms with van der Waals surface area (Å²) in [5.41, 5.74) is 1.26. The minimum atomic E-state index is -4.37. The van der Waals surface area contributed by atoms with Gasteiger partial charge in [-0.05, 0) is 48.7 Å². The molecule has 29 heavy (non-hydrogen) atoms. The van der Waals surface area contributed by atoms with Crippen LogP contribution in [0.4, 0.5) is 23.2 Å². The largest absolute Gasteiger partial charge is 0.489 e. The summed E-state index contributed by atoms with van der Waals surface area (Å²) in [5, 5.41) is 3.55. The molecule has 8 heteroatoms. The average molecular weight is 406 g/mol. The van der Waals surface area contributed by atoms with Gasteiger partial charge in [-0.1, -0.05) is 12.1 Å². The molecule has 2 N–H and O–H groups in total. The fourth-order valence-electron chi connectivity index (χ4n) is 3.25. The summed E-state index contributed by atoms with van der Waals surface area (Å²) in [5.74, 6) is -0.00936. The number of nitrogens with one attached hydrogen (secondary N) is 2. The Hall–Kier alpha value is -3.03. The number of hydrogen-bond acceptors (Lipinski definition) is 2. The van der Waals surface area contributed by atoms with Crippen LogP contribution in [0, 0.1) is 5.92 Å². The zero-order valence-corrected chi connectivity index (χ0v) is 15.2. The van der Waals surface area contributed by atoms with Gasteiger partial charge in [-0.15, -0.1) is 0 Å². The minimum Gasteiger partial charge on any atom is -0.489 e. The van der Waals surface area contributed by atoms with Crippen LogP contribution in [0.5, 0.6) is 5.75 Å². The molecule has 0 unspecified atom stereocenters. The number of anilines is 1. The summed E-state index contributed by atoms with van der Waals surface area (Å²) < 4.78 is 56.5. The number of halogens is 4. The topological polar surface area (TPSA) is 54.1 Å². The lowest BCUT2D eigenvalue weighted by molar-refractivity contribution is -0.137. The van der Waals surface area contributed by atoms with Gasteiger partial charge in [0.15, 0.2) is 0 Å². The fraction of sp³-hybridized carbons (Fsp3) is 0.286. The molecule has 0 atom stereocenters. The molecule has 1 fully saturated rings. The van der Waals surface area contributed by atoms with E-state index in [4.69, 9.17) is 4.74 Å². The van der Waals surface area contributed by atoms with Crippen molar-refractivity contribution in [2.24, 2.45) is 5.92 Å². The van der Waals surface area contributed by atoms with Crippen molar-refractivity contribution in [2.75, 3.05) is 5.32 Å². The molecule has 0 radical (unpaired) electrons. The SMILES string of the molecule is O=C(Nc1c[nH]c2ccc(OCc3ccc(C(F)(F)F)cc3)cc12)C1CC(F)C1. The van der Waals surface area contributed by atoms with E-state index in [1.54, 1.807) is 24.4 Å². The van der Waals surface area contributed by atoms with Gasteiger partial charge in [-0.2, -0.15) is 13.2 Å². The first-order chi connectivity index (χ1) is 13.8. The maximum atomic E-state index is 13.0. The normalized spacial score (nSPS) is 19.0. The molecular weight excluding hydrogens is 388 g/mol. The van der Waals surface area contributed by atoms with Gasteiger partial charge in [0.2, 0.25) is 5.91 Å². The molecule has 4 rings (SSSR count). The van der Waals surface area contributed by atoms with Crippen LogP contribution in [0.15, 0.2) is 48.7 Å². The maximum absolute atomic E-state index is 13.0. The highest BCUT2D eigenvalue weighted by Gasteiger charge is 2.34. The van der Waals surface area contributed by atoms with Crippen molar-refractivity contribution in [1.82, 2.24) is 4.98 Å². The summed E-state index contributed by atoms with van der Waals surface area (Å²) >= 11 is 0. The van der Waals surface area contributed by atoms with Crippen molar-refractivity contribution < 1.29 is 27.1 Å². The summed E-state index contributed by atoms with van der Waals surface area (Å²) in [4.78, 5) is 15.2. The third-order valence-electron chi connectivity index (χ3n) is 5.05. The number of fused-ring (bicyclic) bond motifs is 1. The number of rotatable bonds is 5. The molecule has 1 amide bonds. The molecule has 1 aliphatic carbocycles. The first-order valence-electron chi connectivity index (χ1n) is 9.14. The van der Waals surface area contributed by atoms with E-state index in [0.717, 1.165) is 23.0 Å². The van der Waals surface area contributed by atoms with E-state index in [2.05, 4.69) is 10.3 Å². The Morgan fingerprint density at radius 1 is 1.14 bits per heavy atom. The highest BCUT2D eigenvalue weighted by atomic mass is 19.4. The van der Waals surface area contributed by atoms with Gasteiger partial charge >= 0.3 is 6.18 Å². The van der Waals surface area contributed by atoms with E-state index in [1.807, 2.05) is 0 Å². The van der Waals surface area contributed by atoms with Crippen LogP contribution >= 0.6 is 0 Å². The number of aromatic amines is 1. The lowest BCUT2D eigenvalue weighted by Crippen LogP contribution is -2.35. The van der Waals surface area contributed by atoms with E-state index in [0.29, 0.717) is 17.0 Å². The third kappa shape index (κ3) is 4.21. The highest BCUT2D eigenvalue weighted by molar-refractivity contribution is 6.03. The van der Waals surface area contributed by atoms with Crippen LogP contribution in [-0.2, 0) is 17.6 Å². The second-order valence-electron chi connectivity index (χ2n) is 7.15. The van der Waals surface area contributed by atoms with Gasteiger partial charge in [-0.25, -0.2) is 4.39 Å². The number of aromatic nitrogens is 1. The molecule has 3 aromatic rings. The van der Waals surface area contributed by atoms with Crippen LogP contribution in [0.1, 0.15) is 24.0 Å². The van der Waals surface area contributed by atoms with E-state index >= 15 is 0 Å². The predicted octanol–water partition coefficient (Wildman–Crippen LogP) is 5.45. The van der Waals surface area contributed by atoms with Gasteiger partial charge in [-0.3, -0.25) is 4.79 Å². The number of hydrogen-bond donors (Lipinski definition) is 2. The number of amides is 1. The Labute approximate surface area is 163 Å². The molecule has 0 spiro atoms. The van der Waals surface area contributed by atoms with Gasteiger partial charge in [0.05, 0.1) is 11.3 Å². The highest BCUT2D eigenvalue weighted by Crippen LogP contribution is 2.33. The molecule has 1 saturated carbocycles. The van der Waals surface area contributed by atoms with E-state index in [9.17, 15) is 22.4 Å². The second-order valence-corrected chi connectivity index (χ2v) is 7.15. The van der Waals surface area contributed by atoms with Gasteiger partial charge in [0, 0.05) is 23.0 Å². The third-order valence-corrected chi connectivity index (χ3v) is 5.05. The fourth-order valence-corrected chi connectivity index (χ4v) is 3.25. The molecule has 1 aliphatic rings. The van der Waals surface area contributed by atoms with Crippen molar-refractivity contribution >= 4 is 22.5 Å². The summed E-state index contributed by atoms with van der Waals surface area (Å²) in [6.07, 6.45) is -3.12. The molecule has 0 aliphatic heterocycles. The second kappa shape index (κ2) is 7.42. The summed E-state index contributed by atoms with van der Waals surface area (Å²) in [6.45, 7) is 0.107. The lowest BCUT2D eigenvalue weighted by Gasteiger charge is -2.28. The van der Waals surface area contributed by atoms with E-state index < -0.39 is 17.9 Å². The monoisotopic (exact) mass is 406 g/mol. The molecule has 4 nitrogen and oxygen atoms in total. The molecule has 2 aromatic carbocycles. The van der Waals surface area contributed by atoms with Gasteiger partial charge in [0.1, 0.15) is 18.5 Å². The van der Waals surface area contributed by atoms with Crippen LogP contribution in [-0.4, -0.2) is 17.1 Å². The number of alkyl halides is 4. The first kappa shape index (κ1) is 19.3. The lowest BCUT2D eigenvalue weighted by atomic mass is 9.83. The molecule has 1 aromatic heterocycles. The standard InChI is InChI=1S/C21H18F4N2O2/c22-15-7-13(8-15)20(28)27-19-10-26-18-6-5-16(9-17(18)19)29-11-12-1-3-14(4-2-12)21(23,24)25/h1-6,9-10,13,15,26H,7-8,11H2,(H,27,28). The number of carbonyl (C=O) groups excluding carboxylic acids is 1. The Morgan fingerprint density at radius 2 is 1.86 bits per heavy atom. The van der Waals surface area contributed by atoms with Crippen molar-refractivity contribution in [3.63, 3.8) is 0 Å². The Morgan fingerprint density at radius 3 is 2.52 bits per heavy atom. The summed E-state index contributed by atoms with van der Waals surface area (Å²) in [6, 6.07) is 10.0. The molecule has 0 saturated heterocycles. The zero-order chi connectivity index (χ0) is 20.6. The number of carbonyl (C=O) groups is 1. The van der Waals surface area contributed by atoms with Crippen molar-refractivity contribution in [2.45, 2.75) is 31.8 Å². The van der Waals surface area contributed by atoms with Crippen molar-refractivity contribution in [3.05, 3.63) is 59.8 Å². The average Bonchev–Trinajstić information content (AvgIpc) is 3.05. The van der Waals surface area contributed by atoms with Crippen molar-refractivity contribution in [3.8, 4) is 5.75 Å². The van der Waals surface area contributed by atoms with Gasteiger partial charge in [0.25, 0.3) is 0 Å². The Bertz CT molecular complexity index is 1020. The molecule has 1 heterocycles. The van der Waals surface area contributed by atoms with E-state index in [1.165, 1.54) is 12.1 Å². The first-order valence-corrected chi connectivity index (χ1v) is 9.14. The van der Waals surface area contributed by atoms with Crippen molar-refractivity contribution in [1.29, 1.82) is 0 Å². The van der Waals surface area contributed by atoms with Gasteiger partial charge < -0.3 is 15.0 Å². The van der Waals surface area contributed by atoms with Crippen LogP contribution in [0.2, 0.25) is 0 Å². The molecular formula is C21H18F4N2O2. The zero-order valence-electron chi connectivity index (χ0n) is 15.2. The quantitative estimate of drug-likeness (QED) is 0.554. The Balaban J connectivity index is 1.44. The van der Waals surface area contributed by atoms with Crippen LogP contribution < -0.4 is 10.1 Å². The van der Waals surface area contributed by atoms with Crippen LogP contribution in [0.25, 0.3) is 10.9 Å². The molecule has 0 bridgehead atoms. The predicted molar refractivity (Wildman–Crippen MR) is 100 cm³/mol. The number of benzene rings is 2. The van der Waals surface area contributed by atoms with Crippen LogP contribution in [0.3, 0.4) is 0 Å². The molecule has 152 valence electrons. The van der Waals surface area contributed by atoms with E-state index in [-0.39, 0.29) is 31.3 Å². The Kier molecular flexibility index (Phi) is 4.94.